The molecule has 1 N–H and O–H groups in total. The number of aliphatic carboxylic acids is 1. The van der Waals surface area contributed by atoms with Gasteiger partial charge >= 0.3 is 5.97 Å². The summed E-state index contributed by atoms with van der Waals surface area (Å²) in [4.78, 5) is 13.3. The second kappa shape index (κ2) is 7.47. The van der Waals surface area contributed by atoms with Crippen LogP contribution >= 0.6 is 11.3 Å². The van der Waals surface area contributed by atoms with Crippen molar-refractivity contribution in [3.05, 3.63) is 53.1 Å². The van der Waals surface area contributed by atoms with Gasteiger partial charge in [0.2, 0.25) is 0 Å². The van der Waals surface area contributed by atoms with Crippen molar-refractivity contribution < 1.29 is 19.4 Å². The standard InChI is InChI=1S/C24H26O4S/c1-14-7-5-9-18-19(14)20(21(23(25)26)28-24(2,3)4)22(29-18)16-10-11-17-15(13-16)8-6-12-27-17/h5,7,9-11,13,21H,6,8,12H2,1-4H3,(H,25,26). The summed E-state index contributed by atoms with van der Waals surface area (Å²) in [6, 6.07) is 12.3. The Kier molecular flexibility index (Phi) is 5.13. The number of carbonyl (C=O) groups is 1. The number of hydrogen-bond acceptors (Lipinski definition) is 4. The highest BCUT2D eigenvalue weighted by Crippen LogP contribution is 2.46. The normalized spacial score (nSPS) is 15.0. The Hall–Kier alpha value is -2.37. The Bertz CT molecular complexity index is 1070. The molecule has 29 heavy (non-hydrogen) atoms. The van der Waals surface area contributed by atoms with Crippen LogP contribution in [-0.4, -0.2) is 23.3 Å². The minimum Gasteiger partial charge on any atom is -0.493 e. The quantitative estimate of drug-likeness (QED) is 0.561. The van der Waals surface area contributed by atoms with Crippen LogP contribution in [0.2, 0.25) is 0 Å². The van der Waals surface area contributed by atoms with Crippen LogP contribution in [0.5, 0.6) is 5.75 Å². The van der Waals surface area contributed by atoms with Gasteiger partial charge in [0.1, 0.15) is 5.75 Å². The van der Waals surface area contributed by atoms with E-state index in [9.17, 15) is 9.90 Å². The van der Waals surface area contributed by atoms with Gasteiger partial charge in [0.15, 0.2) is 6.10 Å². The zero-order chi connectivity index (χ0) is 20.8. The SMILES string of the molecule is Cc1cccc2sc(-c3ccc4c(c3)CCCO4)c(C(OC(C)(C)C)C(=O)O)c12. The van der Waals surface area contributed by atoms with E-state index in [4.69, 9.17) is 9.47 Å². The molecule has 1 atom stereocenters. The molecule has 2 heterocycles. The first-order chi connectivity index (χ1) is 13.7. The second-order valence-corrected chi connectivity index (χ2v) is 9.57. The maximum absolute atomic E-state index is 12.3. The Balaban J connectivity index is 1.96. The Morgan fingerprint density at radius 2 is 2.03 bits per heavy atom. The summed E-state index contributed by atoms with van der Waals surface area (Å²) < 4.78 is 12.9. The summed E-state index contributed by atoms with van der Waals surface area (Å²) in [5, 5.41) is 11.1. The van der Waals surface area contributed by atoms with Crippen LogP contribution in [-0.2, 0) is 16.0 Å². The summed E-state index contributed by atoms with van der Waals surface area (Å²) in [6.45, 7) is 8.44. The molecule has 0 amide bonds. The summed E-state index contributed by atoms with van der Waals surface area (Å²) >= 11 is 1.63. The fraction of sp³-hybridized carbons (Fsp3) is 0.375. The summed E-state index contributed by atoms with van der Waals surface area (Å²) in [7, 11) is 0. The van der Waals surface area contributed by atoms with Crippen molar-refractivity contribution in [1.29, 1.82) is 0 Å². The van der Waals surface area contributed by atoms with Gasteiger partial charge in [-0.25, -0.2) is 4.79 Å². The second-order valence-electron chi connectivity index (χ2n) is 8.52. The number of fused-ring (bicyclic) bond motifs is 2. The molecule has 1 aromatic heterocycles. The van der Waals surface area contributed by atoms with E-state index in [-0.39, 0.29) is 0 Å². The van der Waals surface area contributed by atoms with Gasteiger partial charge < -0.3 is 14.6 Å². The number of carboxylic acid groups (broad SMARTS) is 1. The van der Waals surface area contributed by atoms with Gasteiger partial charge in [-0.3, -0.25) is 0 Å². The number of thiophene rings is 1. The van der Waals surface area contributed by atoms with Crippen LogP contribution < -0.4 is 4.74 Å². The van der Waals surface area contributed by atoms with E-state index in [0.29, 0.717) is 0 Å². The summed E-state index contributed by atoms with van der Waals surface area (Å²) in [5.41, 5.74) is 3.43. The first-order valence-corrected chi connectivity index (χ1v) is 10.7. The highest BCUT2D eigenvalue weighted by Gasteiger charge is 2.33. The summed E-state index contributed by atoms with van der Waals surface area (Å²) in [5.74, 6) is -0.0370. The molecular weight excluding hydrogens is 384 g/mol. The molecule has 0 radical (unpaired) electrons. The molecule has 0 bridgehead atoms. The fourth-order valence-corrected chi connectivity index (χ4v) is 5.21. The number of ether oxygens (including phenoxy) is 2. The molecule has 2 aromatic carbocycles. The smallest absolute Gasteiger partial charge is 0.337 e. The monoisotopic (exact) mass is 410 g/mol. The molecule has 0 aliphatic carbocycles. The number of rotatable bonds is 4. The van der Waals surface area contributed by atoms with Crippen molar-refractivity contribution in [2.24, 2.45) is 0 Å². The molecule has 1 aliphatic heterocycles. The third kappa shape index (κ3) is 3.89. The minimum atomic E-state index is -1.04. The number of carboxylic acids is 1. The first-order valence-electron chi connectivity index (χ1n) is 9.93. The third-order valence-corrected chi connectivity index (χ3v) is 6.31. The van der Waals surface area contributed by atoms with Crippen molar-refractivity contribution in [3.63, 3.8) is 0 Å². The van der Waals surface area contributed by atoms with Gasteiger partial charge in [0, 0.05) is 20.5 Å². The van der Waals surface area contributed by atoms with E-state index >= 15 is 0 Å². The predicted octanol–water partition coefficient (Wildman–Crippen LogP) is 6.14. The van der Waals surface area contributed by atoms with Crippen molar-refractivity contribution in [2.45, 2.75) is 52.2 Å². The van der Waals surface area contributed by atoms with Crippen LogP contribution in [0, 0.1) is 6.92 Å². The molecule has 0 saturated heterocycles. The Morgan fingerprint density at radius 1 is 1.24 bits per heavy atom. The maximum atomic E-state index is 12.3. The van der Waals surface area contributed by atoms with Crippen LogP contribution in [0.4, 0.5) is 0 Å². The maximum Gasteiger partial charge on any atom is 0.337 e. The molecule has 4 nitrogen and oxygen atoms in total. The van der Waals surface area contributed by atoms with E-state index in [1.807, 2.05) is 52.0 Å². The molecule has 3 aromatic rings. The van der Waals surface area contributed by atoms with Crippen molar-refractivity contribution >= 4 is 27.4 Å². The molecule has 4 rings (SSSR count). The highest BCUT2D eigenvalue weighted by molar-refractivity contribution is 7.22. The van der Waals surface area contributed by atoms with Crippen LogP contribution in [0.15, 0.2) is 36.4 Å². The molecule has 5 heteroatoms. The first kappa shape index (κ1) is 19.9. The minimum absolute atomic E-state index is 0.582. The zero-order valence-corrected chi connectivity index (χ0v) is 18.1. The van der Waals surface area contributed by atoms with Gasteiger partial charge in [-0.1, -0.05) is 12.1 Å². The predicted molar refractivity (Wildman–Crippen MR) is 117 cm³/mol. The molecular formula is C24H26O4S. The van der Waals surface area contributed by atoms with Gasteiger partial charge in [0.05, 0.1) is 12.2 Å². The van der Waals surface area contributed by atoms with Crippen molar-refractivity contribution in [3.8, 4) is 16.2 Å². The fourth-order valence-electron chi connectivity index (χ4n) is 3.90. The number of benzene rings is 2. The lowest BCUT2D eigenvalue weighted by Crippen LogP contribution is -2.27. The van der Waals surface area contributed by atoms with Gasteiger partial charge in [0.25, 0.3) is 0 Å². The Labute approximate surface area is 175 Å². The van der Waals surface area contributed by atoms with Crippen molar-refractivity contribution in [1.82, 2.24) is 0 Å². The number of hydrogen-bond donors (Lipinski definition) is 1. The van der Waals surface area contributed by atoms with E-state index in [1.165, 1.54) is 5.56 Å². The summed E-state index contributed by atoms with van der Waals surface area (Å²) in [6.07, 6.45) is 0.940. The lowest BCUT2D eigenvalue weighted by Gasteiger charge is -2.26. The molecule has 0 saturated carbocycles. The van der Waals surface area contributed by atoms with Gasteiger partial charge in [-0.15, -0.1) is 11.3 Å². The van der Waals surface area contributed by atoms with E-state index in [2.05, 4.69) is 12.1 Å². The van der Waals surface area contributed by atoms with E-state index in [0.717, 1.165) is 56.9 Å². The molecule has 1 aliphatic rings. The Morgan fingerprint density at radius 3 is 2.76 bits per heavy atom. The molecule has 152 valence electrons. The largest absolute Gasteiger partial charge is 0.493 e. The average molecular weight is 411 g/mol. The van der Waals surface area contributed by atoms with Crippen LogP contribution in [0.1, 0.15) is 50.0 Å². The van der Waals surface area contributed by atoms with Gasteiger partial charge in [-0.2, -0.15) is 0 Å². The van der Waals surface area contributed by atoms with Crippen LogP contribution in [0.25, 0.3) is 20.5 Å². The highest BCUT2D eigenvalue weighted by atomic mass is 32.1. The van der Waals surface area contributed by atoms with Crippen molar-refractivity contribution in [2.75, 3.05) is 6.61 Å². The lowest BCUT2D eigenvalue weighted by molar-refractivity contribution is -0.160. The third-order valence-electron chi connectivity index (χ3n) is 5.09. The van der Waals surface area contributed by atoms with Crippen LogP contribution in [0.3, 0.4) is 0 Å². The average Bonchev–Trinajstić information content (AvgIpc) is 3.05. The molecule has 1 unspecified atom stereocenters. The topological polar surface area (TPSA) is 55.8 Å². The zero-order valence-electron chi connectivity index (χ0n) is 17.2. The van der Waals surface area contributed by atoms with Gasteiger partial charge in [-0.05, 0) is 81.5 Å². The van der Waals surface area contributed by atoms with E-state index in [1.54, 1.807) is 11.3 Å². The lowest BCUT2D eigenvalue weighted by atomic mass is 9.95. The van der Waals surface area contributed by atoms with E-state index < -0.39 is 17.7 Å². The molecule has 0 spiro atoms. The number of aryl methyl sites for hydroxylation is 2. The molecule has 0 fully saturated rings.